The predicted octanol–water partition coefficient (Wildman–Crippen LogP) is 7.58. The molecule has 118 valence electrons. The molecular weight excluding hydrogens is 368 g/mol. The molecule has 5 rings (SSSR count). The van der Waals surface area contributed by atoms with Crippen LogP contribution in [0.25, 0.3) is 43.4 Å². The summed E-state index contributed by atoms with van der Waals surface area (Å²) in [5.41, 5.74) is 0.796. The Morgan fingerprint density at radius 2 is 1.20 bits per heavy atom. The average Bonchev–Trinajstić information content (AvgIpc) is 2.80. The van der Waals surface area contributed by atoms with E-state index in [1.165, 1.54) is 0 Å². The molecule has 25 heavy (non-hydrogen) atoms. The van der Waals surface area contributed by atoms with Gasteiger partial charge in [-0.25, -0.2) is 0 Å². The zero-order chi connectivity index (χ0) is 22.9. The molecule has 0 nitrogen and oxygen atoms in total. The molecule has 0 amide bonds. The fourth-order valence-corrected chi connectivity index (χ4v) is 3.94. The molecule has 0 aliphatic carbocycles. The molecule has 1 heteroatoms. The van der Waals surface area contributed by atoms with Crippen molar-refractivity contribution in [1.29, 1.82) is 0 Å². The van der Waals surface area contributed by atoms with Crippen molar-refractivity contribution in [2.75, 3.05) is 0 Å². The second-order valence-corrected chi connectivity index (χ2v) is 6.57. The number of rotatable bonds is 1. The molecule has 0 N–H and O–H groups in total. The first-order valence-electron chi connectivity index (χ1n) is 11.3. The molecule has 0 aliphatic heterocycles. The number of benzene rings is 5. The molecule has 0 saturated heterocycles. The summed E-state index contributed by atoms with van der Waals surface area (Å²) in [6.07, 6.45) is 0. The predicted molar refractivity (Wildman–Crippen MR) is 112 cm³/mol. The number of hydrogen-bond donors (Lipinski definition) is 0. The van der Waals surface area contributed by atoms with Gasteiger partial charge in [0.1, 0.15) is 0 Å². The van der Waals surface area contributed by atoms with Crippen LogP contribution in [0.15, 0.2) is 95.3 Å². The van der Waals surface area contributed by atoms with Crippen molar-refractivity contribution in [3.8, 4) is 11.1 Å². The minimum Gasteiger partial charge on any atom is -0.0616 e. The summed E-state index contributed by atoms with van der Waals surface area (Å²) < 4.78 is 59.9. The Hall–Kier alpha value is -2.64. The van der Waals surface area contributed by atoms with Crippen LogP contribution in [0, 0.1) is 0 Å². The Kier molecular flexibility index (Phi) is 2.10. The van der Waals surface area contributed by atoms with E-state index in [1.54, 1.807) is 0 Å². The summed E-state index contributed by atoms with van der Waals surface area (Å²) in [7, 11) is 0. The first-order chi connectivity index (χ1) is 15.3. The van der Waals surface area contributed by atoms with Gasteiger partial charge in [-0.3, -0.25) is 0 Å². The largest absolute Gasteiger partial charge is 0.0636 e. The van der Waals surface area contributed by atoms with Gasteiger partial charge in [-0.05, 0) is 65.4 Å². The van der Waals surface area contributed by atoms with E-state index in [9.17, 15) is 0 Å². The highest BCUT2D eigenvalue weighted by atomic mass is 79.9. The molecule has 0 fully saturated rings. The third-order valence-corrected chi connectivity index (χ3v) is 5.22. The van der Waals surface area contributed by atoms with Crippen LogP contribution in [-0.2, 0) is 0 Å². The van der Waals surface area contributed by atoms with Gasteiger partial charge in [0.15, 0.2) is 0 Å². The lowest BCUT2D eigenvalue weighted by atomic mass is 9.91. The van der Waals surface area contributed by atoms with Crippen molar-refractivity contribution in [2.45, 2.75) is 0 Å². The number of hydrogen-bond acceptors (Lipinski definition) is 0. The minimum absolute atomic E-state index is 0.0388. The van der Waals surface area contributed by atoms with E-state index in [4.69, 9.17) is 9.60 Å². The third-order valence-electron chi connectivity index (χ3n) is 4.37. The van der Waals surface area contributed by atoms with Gasteiger partial charge in [-0.2, -0.15) is 0 Å². The van der Waals surface area contributed by atoms with Crippen LogP contribution in [0.3, 0.4) is 0 Å². The third kappa shape index (κ3) is 2.27. The van der Waals surface area contributed by atoms with Crippen molar-refractivity contribution in [1.82, 2.24) is 0 Å². The maximum atomic E-state index is 8.96. The molecule has 0 aromatic heterocycles. The second kappa shape index (κ2) is 5.72. The van der Waals surface area contributed by atoms with Gasteiger partial charge in [0.05, 0.1) is 9.60 Å². The van der Waals surface area contributed by atoms with Gasteiger partial charge >= 0.3 is 0 Å². The lowest BCUT2D eigenvalue weighted by Crippen LogP contribution is -1.87. The Bertz CT molecular complexity index is 1550. The molecule has 0 saturated carbocycles. The molecule has 0 bridgehead atoms. The lowest BCUT2D eigenvalue weighted by molar-refractivity contribution is 1.69. The van der Waals surface area contributed by atoms with Crippen LogP contribution in [0.5, 0.6) is 0 Å². The first-order valence-corrected chi connectivity index (χ1v) is 8.64. The fourth-order valence-electron chi connectivity index (χ4n) is 3.25. The van der Waals surface area contributed by atoms with Crippen LogP contribution < -0.4 is 0 Å². The SMILES string of the molecule is [2H]c1c([2H])c([2H])c2c([2H])c(-c3c4ccccc4c(Br)c4ccccc34)c([2H])c([2H])c2c1[2H]. The Balaban J connectivity index is 2.10. The fraction of sp³-hybridized carbons (Fsp3) is 0. The number of fused-ring (bicyclic) bond motifs is 3. The van der Waals surface area contributed by atoms with E-state index >= 15 is 0 Å². The standard InChI is InChI=1S/C24H15Br/c25-24-21-11-5-3-9-19(21)23(20-10-4-6-12-22(20)24)18-14-13-16-7-1-2-8-17(16)15-18/h1-15H/i1D,2D,7D,8D,13D,14D,15D. The van der Waals surface area contributed by atoms with Crippen molar-refractivity contribution >= 4 is 48.2 Å². The number of halogens is 1. The molecule has 0 atom stereocenters. The average molecular weight is 390 g/mol. The summed E-state index contributed by atoms with van der Waals surface area (Å²) >= 11 is 3.69. The van der Waals surface area contributed by atoms with Crippen LogP contribution in [0.4, 0.5) is 0 Å². The van der Waals surface area contributed by atoms with Crippen LogP contribution >= 0.6 is 15.9 Å². The zero-order valence-electron chi connectivity index (χ0n) is 20.0. The molecule has 0 aliphatic rings. The quantitative estimate of drug-likeness (QED) is 0.259. The van der Waals surface area contributed by atoms with Gasteiger partial charge in [-0.1, -0.05) is 84.8 Å². The summed E-state index contributed by atoms with van der Waals surface area (Å²) in [6, 6.07) is 12.8. The monoisotopic (exact) mass is 389 g/mol. The maximum Gasteiger partial charge on any atom is 0.0636 e. The van der Waals surface area contributed by atoms with E-state index in [0.29, 0.717) is 5.56 Å². The van der Waals surface area contributed by atoms with Gasteiger partial charge in [0.25, 0.3) is 0 Å². The van der Waals surface area contributed by atoms with Crippen molar-refractivity contribution in [3.05, 3.63) is 95.3 Å². The van der Waals surface area contributed by atoms with E-state index < -0.39 is 18.1 Å². The molecule has 0 spiro atoms. The Morgan fingerprint density at radius 1 is 0.640 bits per heavy atom. The summed E-state index contributed by atoms with van der Waals surface area (Å²) in [5.74, 6) is 0. The molecule has 0 heterocycles. The molecule has 0 radical (unpaired) electrons. The topological polar surface area (TPSA) is 0 Å². The van der Waals surface area contributed by atoms with Gasteiger partial charge in [0.2, 0.25) is 0 Å². The normalized spacial score (nSPS) is 15.3. The Labute approximate surface area is 164 Å². The second-order valence-electron chi connectivity index (χ2n) is 5.78. The summed E-state index contributed by atoms with van der Waals surface area (Å²) in [6.45, 7) is 0. The molecule has 5 aromatic carbocycles. The summed E-state index contributed by atoms with van der Waals surface area (Å²) in [5, 5.41) is 3.23. The summed E-state index contributed by atoms with van der Waals surface area (Å²) in [4.78, 5) is 0. The van der Waals surface area contributed by atoms with Crippen LogP contribution in [-0.4, -0.2) is 0 Å². The van der Waals surface area contributed by atoms with E-state index in [2.05, 4.69) is 15.9 Å². The van der Waals surface area contributed by atoms with Crippen LogP contribution in [0.1, 0.15) is 9.60 Å². The van der Waals surface area contributed by atoms with Gasteiger partial charge < -0.3 is 0 Å². The maximum absolute atomic E-state index is 8.96. The smallest absolute Gasteiger partial charge is 0.0616 e. The minimum atomic E-state index is -0.470. The van der Waals surface area contributed by atoms with Crippen molar-refractivity contribution in [2.24, 2.45) is 0 Å². The highest BCUT2D eigenvalue weighted by Crippen LogP contribution is 2.41. The van der Waals surface area contributed by atoms with Gasteiger partial charge in [0, 0.05) is 4.47 Å². The molecule has 0 unspecified atom stereocenters. The van der Waals surface area contributed by atoms with Crippen LogP contribution in [0.2, 0.25) is 0 Å². The molecular formula is C24H15Br. The lowest BCUT2D eigenvalue weighted by Gasteiger charge is -2.15. The first kappa shape index (κ1) is 9.17. The van der Waals surface area contributed by atoms with Crippen molar-refractivity contribution in [3.63, 3.8) is 0 Å². The highest BCUT2D eigenvalue weighted by molar-refractivity contribution is 9.10. The van der Waals surface area contributed by atoms with E-state index in [0.717, 1.165) is 26.0 Å². The highest BCUT2D eigenvalue weighted by Gasteiger charge is 2.13. The van der Waals surface area contributed by atoms with E-state index in [1.807, 2.05) is 48.5 Å². The van der Waals surface area contributed by atoms with Gasteiger partial charge in [-0.15, -0.1) is 0 Å². The van der Waals surface area contributed by atoms with E-state index in [-0.39, 0.29) is 40.5 Å². The zero-order valence-corrected chi connectivity index (χ0v) is 14.6. The Morgan fingerprint density at radius 3 is 1.84 bits per heavy atom. The van der Waals surface area contributed by atoms with Crippen molar-refractivity contribution < 1.29 is 9.60 Å². The molecule has 5 aromatic rings.